The first-order valence-electron chi connectivity index (χ1n) is 25.8. The van der Waals surface area contributed by atoms with Gasteiger partial charge in [-0.05, 0) is 44.9 Å². The molecule has 0 amide bonds. The van der Waals surface area contributed by atoms with Crippen molar-refractivity contribution in [2.75, 3.05) is 13.2 Å². The van der Waals surface area contributed by atoms with Crippen molar-refractivity contribution in [3.05, 3.63) is 60.8 Å². The van der Waals surface area contributed by atoms with Gasteiger partial charge in [-0.15, -0.1) is 0 Å². The van der Waals surface area contributed by atoms with E-state index >= 15 is 0 Å². The minimum absolute atomic E-state index is 0.100. The smallest absolute Gasteiger partial charge is 0.309 e. The molecule has 0 aliphatic carbocycles. The van der Waals surface area contributed by atoms with Crippen molar-refractivity contribution in [3.8, 4) is 0 Å². The fourth-order valence-electron chi connectivity index (χ4n) is 7.22. The van der Waals surface area contributed by atoms with Crippen molar-refractivity contribution < 1.29 is 28.6 Å². The zero-order valence-corrected chi connectivity index (χ0v) is 40.2. The number of allylic oxidation sites excluding steroid dienone is 9. The predicted octanol–water partition coefficient (Wildman–Crippen LogP) is 16.9. The number of hydrogen-bond donors (Lipinski definition) is 0. The standard InChI is InChI=1S/C55H96O6/c1-4-7-10-13-16-19-22-25-28-31-33-36-39-42-45-48-54(57)60-51-52(61-55(58)49-46-43-40-37-34-30-27-24-21-18-15-12-9-6-3)50-59-53(56)47-44-41-38-35-32-29-26-23-20-17-14-11-8-5-2/h7,10,16,19,25,28,33,36,42,45,52H,4-6,8-9,11-15,17-18,20-24,26-27,29-32,34-35,37-41,43-44,46-51H2,1-3H3/b10-7-,19-16-,28-25-,36-33-,45-42-. The van der Waals surface area contributed by atoms with Crippen molar-refractivity contribution in [3.63, 3.8) is 0 Å². The van der Waals surface area contributed by atoms with E-state index in [1.165, 1.54) is 141 Å². The van der Waals surface area contributed by atoms with Crippen LogP contribution in [-0.4, -0.2) is 37.2 Å². The molecule has 1 unspecified atom stereocenters. The summed E-state index contributed by atoms with van der Waals surface area (Å²) in [5.74, 6) is -1.03. The highest BCUT2D eigenvalue weighted by Crippen LogP contribution is 2.16. The summed E-state index contributed by atoms with van der Waals surface area (Å²) in [5.41, 5.74) is 0. The van der Waals surface area contributed by atoms with Gasteiger partial charge in [0, 0.05) is 12.8 Å². The second kappa shape index (κ2) is 49.8. The first-order valence-corrected chi connectivity index (χ1v) is 25.8. The van der Waals surface area contributed by atoms with E-state index in [4.69, 9.17) is 14.2 Å². The lowest BCUT2D eigenvalue weighted by atomic mass is 10.0. The monoisotopic (exact) mass is 853 g/mol. The zero-order chi connectivity index (χ0) is 44.4. The van der Waals surface area contributed by atoms with Crippen LogP contribution in [0.1, 0.15) is 252 Å². The number of rotatable bonds is 46. The van der Waals surface area contributed by atoms with Gasteiger partial charge in [0.25, 0.3) is 0 Å². The molecule has 1 atom stereocenters. The van der Waals surface area contributed by atoms with Crippen molar-refractivity contribution in [1.29, 1.82) is 0 Å². The van der Waals surface area contributed by atoms with Crippen molar-refractivity contribution in [2.24, 2.45) is 0 Å². The summed E-state index contributed by atoms with van der Waals surface area (Å²) in [6.07, 6.45) is 60.8. The Morgan fingerprint density at radius 3 is 1.00 bits per heavy atom. The van der Waals surface area contributed by atoms with Crippen LogP contribution in [0.2, 0.25) is 0 Å². The molecule has 0 N–H and O–H groups in total. The molecule has 0 aliphatic heterocycles. The van der Waals surface area contributed by atoms with Crippen LogP contribution in [0.5, 0.6) is 0 Å². The van der Waals surface area contributed by atoms with Crippen LogP contribution in [0, 0.1) is 0 Å². The maximum Gasteiger partial charge on any atom is 0.309 e. The third-order valence-electron chi connectivity index (χ3n) is 11.1. The normalized spacial score (nSPS) is 12.5. The van der Waals surface area contributed by atoms with Gasteiger partial charge in [0.15, 0.2) is 6.10 Å². The molecule has 6 nitrogen and oxygen atoms in total. The number of hydrogen-bond acceptors (Lipinski definition) is 6. The van der Waals surface area contributed by atoms with Crippen LogP contribution in [0.3, 0.4) is 0 Å². The van der Waals surface area contributed by atoms with E-state index in [0.29, 0.717) is 12.8 Å². The summed E-state index contributed by atoms with van der Waals surface area (Å²) >= 11 is 0. The second-order valence-electron chi connectivity index (χ2n) is 17.1. The lowest BCUT2D eigenvalue weighted by Gasteiger charge is -2.18. The summed E-state index contributed by atoms with van der Waals surface area (Å²) < 4.78 is 16.7. The van der Waals surface area contributed by atoms with Crippen molar-refractivity contribution >= 4 is 17.9 Å². The highest BCUT2D eigenvalue weighted by atomic mass is 16.6. The quantitative estimate of drug-likeness (QED) is 0.0263. The Kier molecular flexibility index (Phi) is 47.4. The Bertz CT molecular complexity index is 1120. The van der Waals surface area contributed by atoms with Crippen LogP contribution in [-0.2, 0) is 28.6 Å². The zero-order valence-electron chi connectivity index (χ0n) is 40.2. The number of unbranched alkanes of at least 4 members (excludes halogenated alkanes) is 26. The molecule has 0 heterocycles. The number of carbonyl (C=O) groups is 3. The van der Waals surface area contributed by atoms with Gasteiger partial charge < -0.3 is 14.2 Å². The Balaban J connectivity index is 4.47. The molecule has 0 aromatic heterocycles. The van der Waals surface area contributed by atoms with Gasteiger partial charge in [-0.3, -0.25) is 14.4 Å². The summed E-state index contributed by atoms with van der Waals surface area (Å²) in [5, 5.41) is 0. The van der Waals surface area contributed by atoms with Gasteiger partial charge in [-0.1, -0.05) is 248 Å². The lowest BCUT2D eigenvalue weighted by Crippen LogP contribution is -2.30. The van der Waals surface area contributed by atoms with Crippen LogP contribution < -0.4 is 0 Å². The van der Waals surface area contributed by atoms with Crippen LogP contribution in [0.25, 0.3) is 0 Å². The highest BCUT2D eigenvalue weighted by molar-refractivity contribution is 5.72. The van der Waals surface area contributed by atoms with E-state index in [1.54, 1.807) is 6.08 Å². The molecule has 352 valence electrons. The topological polar surface area (TPSA) is 78.9 Å². The molecule has 0 aromatic rings. The first-order chi connectivity index (χ1) is 30.0. The van der Waals surface area contributed by atoms with Gasteiger partial charge in [0.2, 0.25) is 0 Å². The van der Waals surface area contributed by atoms with E-state index in [1.807, 2.05) is 6.08 Å². The Morgan fingerprint density at radius 2 is 0.639 bits per heavy atom. The van der Waals surface area contributed by atoms with E-state index < -0.39 is 12.1 Å². The molecule has 0 fully saturated rings. The minimum Gasteiger partial charge on any atom is -0.462 e. The van der Waals surface area contributed by atoms with Crippen LogP contribution >= 0.6 is 0 Å². The largest absolute Gasteiger partial charge is 0.462 e. The summed E-state index contributed by atoms with van der Waals surface area (Å²) in [6.45, 7) is 6.45. The third kappa shape index (κ3) is 48.0. The molecule has 0 radical (unpaired) electrons. The summed E-state index contributed by atoms with van der Waals surface area (Å²) in [4.78, 5) is 37.9. The van der Waals surface area contributed by atoms with E-state index in [-0.39, 0.29) is 31.6 Å². The molecule has 0 saturated heterocycles. The SMILES string of the molecule is CC/C=C\C/C=C\C/C=C\C/C=C\C/C=C\CC(=O)OCC(COC(=O)CCCCCCCCCCCCCCCC)OC(=O)CCCCCCCCCCCCCCCC. The maximum atomic E-state index is 12.8. The van der Waals surface area contributed by atoms with Gasteiger partial charge in [-0.2, -0.15) is 0 Å². The van der Waals surface area contributed by atoms with Crippen LogP contribution in [0.15, 0.2) is 60.8 Å². The summed E-state index contributed by atoms with van der Waals surface area (Å²) in [7, 11) is 0. The molecule has 0 spiro atoms. The van der Waals surface area contributed by atoms with Gasteiger partial charge in [-0.25, -0.2) is 0 Å². The van der Waals surface area contributed by atoms with Crippen molar-refractivity contribution in [2.45, 2.75) is 258 Å². The fraction of sp³-hybridized carbons (Fsp3) is 0.764. The van der Waals surface area contributed by atoms with E-state index in [0.717, 1.165) is 70.6 Å². The van der Waals surface area contributed by atoms with Gasteiger partial charge >= 0.3 is 17.9 Å². The average molecular weight is 853 g/mol. The number of carbonyl (C=O) groups excluding carboxylic acids is 3. The molecule has 6 heteroatoms. The Hall–Kier alpha value is -2.89. The first kappa shape index (κ1) is 58.1. The second-order valence-corrected chi connectivity index (χ2v) is 17.1. The van der Waals surface area contributed by atoms with Crippen LogP contribution in [0.4, 0.5) is 0 Å². The molecule has 61 heavy (non-hydrogen) atoms. The average Bonchev–Trinajstić information content (AvgIpc) is 3.26. The predicted molar refractivity (Wildman–Crippen MR) is 261 cm³/mol. The van der Waals surface area contributed by atoms with E-state index in [9.17, 15) is 14.4 Å². The molecule has 0 bridgehead atoms. The lowest BCUT2D eigenvalue weighted by molar-refractivity contribution is -0.166. The van der Waals surface area contributed by atoms with Gasteiger partial charge in [0.05, 0.1) is 6.42 Å². The Labute approximate surface area is 377 Å². The van der Waals surface area contributed by atoms with Crippen molar-refractivity contribution in [1.82, 2.24) is 0 Å². The molecule has 0 aromatic carbocycles. The molecular formula is C55H96O6. The number of ether oxygens (including phenoxy) is 3. The molecular weight excluding hydrogens is 757 g/mol. The fourth-order valence-corrected chi connectivity index (χ4v) is 7.22. The third-order valence-corrected chi connectivity index (χ3v) is 11.1. The molecule has 0 aliphatic rings. The Morgan fingerprint density at radius 1 is 0.344 bits per heavy atom. The minimum atomic E-state index is -0.809. The highest BCUT2D eigenvalue weighted by Gasteiger charge is 2.19. The molecule has 0 rings (SSSR count). The summed E-state index contributed by atoms with van der Waals surface area (Å²) in [6, 6.07) is 0. The number of esters is 3. The maximum absolute atomic E-state index is 12.8. The molecule has 0 saturated carbocycles. The van der Waals surface area contributed by atoms with Gasteiger partial charge in [0.1, 0.15) is 13.2 Å². The van der Waals surface area contributed by atoms with E-state index in [2.05, 4.69) is 69.4 Å².